The Balaban J connectivity index is 1.26. The lowest BCUT2D eigenvalue weighted by Crippen LogP contribution is -2.51. The Kier molecular flexibility index (Phi) is 4.76. The molecule has 4 bridgehead atoms. The highest BCUT2D eigenvalue weighted by Crippen LogP contribution is 2.59. The summed E-state index contributed by atoms with van der Waals surface area (Å²) in [7, 11) is 0. The van der Waals surface area contributed by atoms with Crippen LogP contribution in [0.1, 0.15) is 57.1 Å². The van der Waals surface area contributed by atoms with Crippen molar-refractivity contribution < 1.29 is 13.6 Å². The first kappa shape index (κ1) is 17.9. The lowest BCUT2D eigenvalue weighted by Gasteiger charge is -2.56. The van der Waals surface area contributed by atoms with Gasteiger partial charge in [-0.15, -0.1) is 0 Å². The second-order valence-electron chi connectivity index (χ2n) is 8.97. The van der Waals surface area contributed by atoms with Crippen LogP contribution < -0.4 is 10.6 Å². The zero-order chi connectivity index (χ0) is 18.3. The molecule has 4 aliphatic rings. The number of hydrogen-bond acceptors (Lipinski definition) is 2. The van der Waals surface area contributed by atoms with Crippen molar-refractivity contribution in [3.8, 4) is 0 Å². The fraction of sp³-hybridized carbons (Fsp3) is 0.667. The summed E-state index contributed by atoms with van der Waals surface area (Å²) >= 11 is 0. The standard InChI is InChI=1S/C21H28F2N2O/c1-13(17-2-3-18(22)19(23)7-17)24-11-20(26)25-12-21-8-14-4-15(9-21)6-16(5-14)10-21/h2-3,7,13-16,24H,4-6,8-12H2,1H3,(H,25,26)/t13-,14?,15?,16?,21?/m0/s1. The van der Waals surface area contributed by atoms with Crippen molar-refractivity contribution in [2.45, 2.75) is 51.5 Å². The van der Waals surface area contributed by atoms with E-state index in [9.17, 15) is 13.6 Å². The van der Waals surface area contributed by atoms with Gasteiger partial charge in [0.05, 0.1) is 6.54 Å². The van der Waals surface area contributed by atoms with E-state index < -0.39 is 11.6 Å². The number of benzene rings is 1. The predicted octanol–water partition coefficient (Wildman–Crippen LogP) is 3.95. The minimum absolute atomic E-state index is 0.0184. The molecule has 1 atom stereocenters. The van der Waals surface area contributed by atoms with E-state index in [1.807, 2.05) is 6.92 Å². The first-order chi connectivity index (χ1) is 12.4. The highest BCUT2D eigenvalue weighted by Gasteiger charge is 2.50. The summed E-state index contributed by atoms with van der Waals surface area (Å²) in [6, 6.07) is 3.63. The van der Waals surface area contributed by atoms with Gasteiger partial charge in [-0.2, -0.15) is 0 Å². The van der Waals surface area contributed by atoms with Gasteiger partial charge in [0.2, 0.25) is 5.91 Å². The Labute approximate surface area is 153 Å². The third kappa shape index (κ3) is 3.64. The Morgan fingerprint density at radius 1 is 1.12 bits per heavy atom. The quantitative estimate of drug-likeness (QED) is 0.805. The number of amides is 1. The summed E-state index contributed by atoms with van der Waals surface area (Å²) in [5.74, 6) is 0.908. The summed E-state index contributed by atoms with van der Waals surface area (Å²) in [5.41, 5.74) is 0.966. The van der Waals surface area contributed by atoms with Gasteiger partial charge in [0, 0.05) is 12.6 Å². The molecular formula is C21H28F2N2O. The highest BCUT2D eigenvalue weighted by atomic mass is 19.2. The van der Waals surface area contributed by atoms with Crippen LogP contribution in [-0.2, 0) is 4.79 Å². The minimum Gasteiger partial charge on any atom is -0.354 e. The molecule has 1 aromatic carbocycles. The first-order valence-corrected chi connectivity index (χ1v) is 9.87. The molecule has 5 rings (SSSR count). The van der Waals surface area contributed by atoms with Crippen molar-refractivity contribution in [3.05, 3.63) is 35.4 Å². The Morgan fingerprint density at radius 3 is 2.31 bits per heavy atom. The highest BCUT2D eigenvalue weighted by molar-refractivity contribution is 5.78. The van der Waals surface area contributed by atoms with Crippen LogP contribution >= 0.6 is 0 Å². The van der Waals surface area contributed by atoms with Crippen LogP contribution in [0.5, 0.6) is 0 Å². The van der Waals surface area contributed by atoms with E-state index >= 15 is 0 Å². The molecular weight excluding hydrogens is 334 g/mol. The zero-order valence-electron chi connectivity index (χ0n) is 15.4. The number of carbonyl (C=O) groups excluding carboxylic acids is 1. The van der Waals surface area contributed by atoms with Crippen molar-refractivity contribution in [3.63, 3.8) is 0 Å². The van der Waals surface area contributed by atoms with Crippen LogP contribution in [0.25, 0.3) is 0 Å². The molecule has 0 heterocycles. The van der Waals surface area contributed by atoms with Gasteiger partial charge in [0.25, 0.3) is 0 Å². The van der Waals surface area contributed by atoms with Gasteiger partial charge >= 0.3 is 0 Å². The van der Waals surface area contributed by atoms with E-state index in [0.717, 1.165) is 30.4 Å². The molecule has 0 unspecified atom stereocenters. The summed E-state index contributed by atoms with van der Waals surface area (Å²) in [5, 5.41) is 6.23. The third-order valence-electron chi connectivity index (χ3n) is 6.84. The van der Waals surface area contributed by atoms with Gasteiger partial charge in [0.1, 0.15) is 0 Å². The fourth-order valence-corrected chi connectivity index (χ4v) is 6.00. The minimum atomic E-state index is -0.859. The first-order valence-electron chi connectivity index (χ1n) is 9.87. The maximum atomic E-state index is 13.3. The molecule has 0 spiro atoms. The van der Waals surface area contributed by atoms with Crippen LogP contribution in [0.3, 0.4) is 0 Å². The van der Waals surface area contributed by atoms with Gasteiger partial charge in [-0.05, 0) is 86.3 Å². The number of rotatable bonds is 6. The summed E-state index contributed by atoms with van der Waals surface area (Å²) in [6.45, 7) is 2.82. The lowest BCUT2D eigenvalue weighted by molar-refractivity contribution is -0.122. The predicted molar refractivity (Wildman–Crippen MR) is 96.4 cm³/mol. The molecule has 1 amide bonds. The molecule has 26 heavy (non-hydrogen) atoms. The number of hydrogen-bond donors (Lipinski definition) is 2. The molecule has 0 aliphatic heterocycles. The Hall–Kier alpha value is -1.49. The van der Waals surface area contributed by atoms with E-state index in [-0.39, 0.29) is 18.5 Å². The van der Waals surface area contributed by atoms with Gasteiger partial charge in [-0.3, -0.25) is 4.79 Å². The van der Waals surface area contributed by atoms with Crippen LogP contribution in [0.15, 0.2) is 18.2 Å². The fourth-order valence-electron chi connectivity index (χ4n) is 6.00. The van der Waals surface area contributed by atoms with Gasteiger partial charge < -0.3 is 10.6 Å². The van der Waals surface area contributed by atoms with Crippen molar-refractivity contribution in [2.24, 2.45) is 23.2 Å². The van der Waals surface area contributed by atoms with E-state index in [1.165, 1.54) is 44.6 Å². The summed E-state index contributed by atoms with van der Waals surface area (Å²) < 4.78 is 26.4. The maximum absolute atomic E-state index is 13.3. The molecule has 0 aromatic heterocycles. The second-order valence-corrected chi connectivity index (χ2v) is 8.97. The molecule has 2 N–H and O–H groups in total. The average molecular weight is 362 g/mol. The van der Waals surface area contributed by atoms with Gasteiger partial charge in [-0.1, -0.05) is 6.07 Å². The molecule has 1 aromatic rings. The van der Waals surface area contributed by atoms with Crippen LogP contribution in [0.2, 0.25) is 0 Å². The van der Waals surface area contributed by atoms with Crippen molar-refractivity contribution in [2.75, 3.05) is 13.1 Å². The van der Waals surface area contributed by atoms with E-state index in [0.29, 0.717) is 11.0 Å². The molecule has 4 saturated carbocycles. The van der Waals surface area contributed by atoms with E-state index in [1.54, 1.807) is 6.07 Å². The Bertz CT molecular complexity index is 655. The van der Waals surface area contributed by atoms with Crippen LogP contribution in [0, 0.1) is 34.8 Å². The second kappa shape index (κ2) is 6.91. The lowest BCUT2D eigenvalue weighted by atomic mass is 9.49. The largest absolute Gasteiger partial charge is 0.354 e. The molecule has 4 fully saturated rings. The molecule has 0 radical (unpaired) electrons. The van der Waals surface area contributed by atoms with Gasteiger partial charge in [-0.25, -0.2) is 8.78 Å². The number of halogens is 2. The topological polar surface area (TPSA) is 41.1 Å². The molecule has 4 aliphatic carbocycles. The smallest absolute Gasteiger partial charge is 0.233 e. The van der Waals surface area contributed by atoms with Gasteiger partial charge in [0.15, 0.2) is 11.6 Å². The molecule has 0 saturated heterocycles. The monoisotopic (exact) mass is 362 g/mol. The van der Waals surface area contributed by atoms with E-state index in [4.69, 9.17) is 0 Å². The van der Waals surface area contributed by atoms with Crippen molar-refractivity contribution in [1.82, 2.24) is 10.6 Å². The normalized spacial score (nSPS) is 33.3. The number of nitrogens with one attached hydrogen (secondary N) is 2. The SMILES string of the molecule is C[C@H](NCC(=O)NCC12CC3CC(CC(C3)C1)C2)c1ccc(F)c(F)c1. The average Bonchev–Trinajstić information content (AvgIpc) is 2.59. The molecule has 5 heteroatoms. The third-order valence-corrected chi connectivity index (χ3v) is 6.84. The van der Waals surface area contributed by atoms with Crippen LogP contribution in [-0.4, -0.2) is 19.0 Å². The van der Waals surface area contributed by atoms with Crippen molar-refractivity contribution in [1.29, 1.82) is 0 Å². The maximum Gasteiger partial charge on any atom is 0.233 e. The molecule has 142 valence electrons. The zero-order valence-corrected chi connectivity index (χ0v) is 15.4. The number of carbonyl (C=O) groups is 1. The van der Waals surface area contributed by atoms with E-state index in [2.05, 4.69) is 10.6 Å². The Morgan fingerprint density at radius 2 is 1.73 bits per heavy atom. The summed E-state index contributed by atoms with van der Waals surface area (Å²) in [4.78, 5) is 12.3. The van der Waals surface area contributed by atoms with Crippen LogP contribution in [0.4, 0.5) is 8.78 Å². The molecule has 3 nitrogen and oxygen atoms in total. The van der Waals surface area contributed by atoms with Crippen molar-refractivity contribution >= 4 is 5.91 Å². The summed E-state index contributed by atoms with van der Waals surface area (Å²) in [6.07, 6.45) is 8.04.